The molecule has 6 heteroatoms. The fraction of sp³-hybridized carbons (Fsp3) is 0.811. The Morgan fingerprint density at radius 2 is 1.51 bits per heavy atom. The Hall–Kier alpha value is -0.956. The minimum absolute atomic E-state index is 0.0113. The highest BCUT2D eigenvalue weighted by atomic mass is 28.4. The van der Waals surface area contributed by atoms with Gasteiger partial charge in [0.2, 0.25) is 0 Å². The molecule has 0 saturated heterocycles. The topological polar surface area (TPSA) is 44.8 Å². The van der Waals surface area contributed by atoms with Gasteiger partial charge in [0.25, 0.3) is 0 Å². The van der Waals surface area contributed by atoms with Crippen molar-refractivity contribution in [1.82, 2.24) is 0 Å². The summed E-state index contributed by atoms with van der Waals surface area (Å²) < 4.78 is 19.1. The van der Waals surface area contributed by atoms with E-state index in [9.17, 15) is 4.79 Å². The molecule has 0 heterocycles. The Morgan fingerprint density at radius 3 is 2.00 bits per heavy atom. The Labute approximate surface area is 267 Å². The van der Waals surface area contributed by atoms with Crippen LogP contribution < -0.4 is 0 Å². The molecule has 246 valence electrons. The number of methoxy groups -OCH3 is 1. The zero-order chi connectivity index (χ0) is 32.6. The van der Waals surface area contributed by atoms with Gasteiger partial charge in [-0.15, -0.1) is 0 Å². The molecule has 0 N–H and O–H groups in total. The number of hydrogen-bond donors (Lipinski definition) is 0. The summed E-state index contributed by atoms with van der Waals surface area (Å²) in [5, 5.41) is 0.290. The van der Waals surface area contributed by atoms with E-state index in [1.165, 1.54) is 44.8 Å². The average molecular weight is 631 g/mol. The molecule has 4 nitrogen and oxygen atoms in total. The summed E-state index contributed by atoms with van der Waals surface area (Å²) >= 11 is 0. The maximum atomic E-state index is 11.8. The highest BCUT2D eigenvalue weighted by Crippen LogP contribution is 2.60. The maximum Gasteiger partial charge on any atom is 0.305 e. The molecule has 0 spiro atoms. The molecule has 0 aliphatic heterocycles. The van der Waals surface area contributed by atoms with E-state index in [4.69, 9.17) is 13.6 Å². The zero-order valence-corrected chi connectivity index (χ0v) is 32.2. The Kier molecular flexibility index (Phi) is 11.4. The van der Waals surface area contributed by atoms with Gasteiger partial charge < -0.3 is 13.6 Å². The van der Waals surface area contributed by atoms with Crippen LogP contribution in [0.2, 0.25) is 36.3 Å². The van der Waals surface area contributed by atoms with Crippen LogP contribution in [-0.2, 0) is 18.4 Å². The molecule has 0 bridgehead atoms. The lowest BCUT2D eigenvalue weighted by Crippen LogP contribution is -2.49. The van der Waals surface area contributed by atoms with Crippen LogP contribution in [0.5, 0.6) is 0 Å². The van der Waals surface area contributed by atoms with Gasteiger partial charge in [-0.3, -0.25) is 4.79 Å². The molecule has 0 unspecified atom stereocenters. The number of ether oxygens (including phenoxy) is 1. The Bertz CT molecular complexity index is 1030. The van der Waals surface area contributed by atoms with E-state index in [-0.39, 0.29) is 28.3 Å². The van der Waals surface area contributed by atoms with Gasteiger partial charge in [-0.25, -0.2) is 0 Å². The minimum Gasteiger partial charge on any atom is -0.469 e. The highest BCUT2D eigenvalue weighted by Gasteiger charge is 2.51. The summed E-state index contributed by atoms with van der Waals surface area (Å²) in [7, 11) is -2.47. The average Bonchev–Trinajstić information content (AvgIpc) is 3.24. The van der Waals surface area contributed by atoms with Gasteiger partial charge in [0, 0.05) is 6.42 Å². The van der Waals surface area contributed by atoms with Crippen LogP contribution in [0.3, 0.4) is 0 Å². The van der Waals surface area contributed by atoms with Crippen LogP contribution in [0.15, 0.2) is 35.5 Å². The van der Waals surface area contributed by atoms with Gasteiger partial charge in [-0.2, -0.15) is 0 Å². The van der Waals surface area contributed by atoms with Gasteiger partial charge >= 0.3 is 5.97 Å². The van der Waals surface area contributed by atoms with Crippen molar-refractivity contribution in [3.05, 3.63) is 35.5 Å². The molecular weight excluding hydrogens is 565 g/mol. The molecule has 0 radical (unpaired) electrons. The SMILES string of the molecule is C=C1[C@H](O[Si](C)(C)C(C)(C)C)CC(=C/C=C2\CCC[C@]3(C)[C@@H]([C@H](C)CCC(=O)OC)CC[C@@H]23)C[C@H]1O[Si](C)(C)C(C)(C)C. The van der Waals surface area contributed by atoms with Crippen LogP contribution >= 0.6 is 0 Å². The van der Waals surface area contributed by atoms with Crippen molar-refractivity contribution < 1.29 is 18.4 Å². The predicted octanol–water partition coefficient (Wildman–Crippen LogP) is 10.8. The second-order valence-electron chi connectivity index (χ2n) is 17.5. The molecule has 43 heavy (non-hydrogen) atoms. The normalized spacial score (nSPS) is 30.8. The van der Waals surface area contributed by atoms with Crippen LogP contribution in [0.4, 0.5) is 0 Å². The van der Waals surface area contributed by atoms with Crippen LogP contribution in [0.25, 0.3) is 0 Å². The van der Waals surface area contributed by atoms with Gasteiger partial charge in [0.05, 0.1) is 19.3 Å². The van der Waals surface area contributed by atoms with Crippen molar-refractivity contribution in [1.29, 1.82) is 0 Å². The molecule has 3 fully saturated rings. The number of carbonyl (C=O) groups is 1. The monoisotopic (exact) mass is 630 g/mol. The van der Waals surface area contributed by atoms with Crippen molar-refractivity contribution in [2.24, 2.45) is 23.2 Å². The Balaban J connectivity index is 1.87. The first-order chi connectivity index (χ1) is 19.6. The summed E-state index contributed by atoms with van der Waals surface area (Å²) in [4.78, 5) is 11.8. The number of rotatable bonds is 9. The first kappa shape index (κ1) is 36.5. The van der Waals surface area contributed by atoms with Crippen molar-refractivity contribution in [3.8, 4) is 0 Å². The third kappa shape index (κ3) is 8.26. The molecule has 0 aromatic heterocycles. The first-order valence-corrected chi connectivity index (χ1v) is 22.9. The summed E-state index contributed by atoms with van der Waals surface area (Å²) in [6.07, 6.45) is 14.6. The molecule has 0 aromatic rings. The highest BCUT2D eigenvalue weighted by molar-refractivity contribution is 6.74. The fourth-order valence-corrected chi connectivity index (χ4v) is 10.2. The number of esters is 1. The van der Waals surface area contributed by atoms with Crippen molar-refractivity contribution in [2.45, 2.75) is 162 Å². The fourth-order valence-electron chi connectivity index (χ4n) is 7.55. The van der Waals surface area contributed by atoms with Crippen molar-refractivity contribution >= 4 is 22.6 Å². The van der Waals surface area contributed by atoms with E-state index in [0.717, 1.165) is 24.8 Å². The van der Waals surface area contributed by atoms with E-state index in [1.807, 2.05) is 0 Å². The zero-order valence-electron chi connectivity index (χ0n) is 30.2. The summed E-state index contributed by atoms with van der Waals surface area (Å²) in [6, 6.07) is 0. The molecule has 6 atom stereocenters. The number of fused-ring (bicyclic) bond motifs is 1. The molecule has 0 amide bonds. The molecule has 3 aliphatic carbocycles. The predicted molar refractivity (Wildman–Crippen MR) is 187 cm³/mol. The largest absolute Gasteiger partial charge is 0.469 e. The van der Waals surface area contributed by atoms with E-state index in [2.05, 4.69) is 100 Å². The number of hydrogen-bond acceptors (Lipinski definition) is 4. The van der Waals surface area contributed by atoms with E-state index in [1.54, 1.807) is 5.57 Å². The van der Waals surface area contributed by atoms with E-state index < -0.39 is 16.6 Å². The van der Waals surface area contributed by atoms with E-state index in [0.29, 0.717) is 29.6 Å². The second-order valence-corrected chi connectivity index (χ2v) is 27.0. The molecule has 3 rings (SSSR count). The van der Waals surface area contributed by atoms with Crippen LogP contribution in [0, 0.1) is 23.2 Å². The maximum absolute atomic E-state index is 11.8. The summed E-state index contributed by atoms with van der Waals surface area (Å²) in [5.41, 5.74) is 4.54. The Morgan fingerprint density at radius 1 is 0.977 bits per heavy atom. The van der Waals surface area contributed by atoms with E-state index >= 15 is 0 Å². The quantitative estimate of drug-likeness (QED) is 0.144. The van der Waals surface area contributed by atoms with Gasteiger partial charge in [0.1, 0.15) is 0 Å². The number of allylic oxidation sites excluding steroid dienone is 3. The third-order valence-corrected chi connectivity index (χ3v) is 21.5. The van der Waals surface area contributed by atoms with Crippen LogP contribution in [0.1, 0.15) is 113 Å². The lowest BCUT2D eigenvalue weighted by Gasteiger charge is -2.46. The van der Waals surface area contributed by atoms with Crippen molar-refractivity contribution in [3.63, 3.8) is 0 Å². The van der Waals surface area contributed by atoms with Crippen LogP contribution in [-0.4, -0.2) is 41.9 Å². The third-order valence-electron chi connectivity index (χ3n) is 12.5. The standard InChI is InChI=1S/C37H66O4Si2/c1-26(17-22-34(38)39-10)30-20-21-31-29(16-15-23-37(30,31)9)19-18-28-24-32(40-42(11,12)35(3,4)5)27(2)33(25-28)41-43(13,14)36(6,7)8/h18-19,26,30-33H,2,15-17,20-25H2,1,3-14H3/b29-19+/t26-,30-,31+,32-,33-,37-/m1/s1. The van der Waals surface area contributed by atoms with Gasteiger partial charge in [0.15, 0.2) is 16.6 Å². The van der Waals surface area contributed by atoms with Gasteiger partial charge in [-0.05, 0) is 116 Å². The molecule has 3 aliphatic rings. The van der Waals surface area contributed by atoms with Crippen molar-refractivity contribution in [2.75, 3.05) is 7.11 Å². The second kappa shape index (κ2) is 13.4. The smallest absolute Gasteiger partial charge is 0.305 e. The summed E-state index contributed by atoms with van der Waals surface area (Å²) in [5.74, 6) is 1.77. The molecule has 0 aromatic carbocycles. The summed E-state index contributed by atoms with van der Waals surface area (Å²) in [6.45, 7) is 32.9. The number of carbonyl (C=O) groups excluding carboxylic acids is 1. The minimum atomic E-state index is -1.98. The molecule has 3 saturated carbocycles. The lowest BCUT2D eigenvalue weighted by molar-refractivity contribution is -0.141. The first-order valence-electron chi connectivity index (χ1n) is 17.1. The lowest BCUT2D eigenvalue weighted by atomic mass is 9.60. The molecular formula is C37H66O4Si2. The van der Waals surface area contributed by atoms with Gasteiger partial charge in [-0.1, -0.05) is 85.3 Å².